The Bertz CT molecular complexity index is 1400. The number of likely N-dealkylation sites (tertiary alicyclic amines) is 2. The van der Waals surface area contributed by atoms with E-state index in [-0.39, 0.29) is 40.2 Å². The van der Waals surface area contributed by atoms with Crippen LogP contribution in [-0.4, -0.2) is 120 Å². The van der Waals surface area contributed by atoms with Gasteiger partial charge >= 0.3 is 12.1 Å². The van der Waals surface area contributed by atoms with Crippen molar-refractivity contribution < 1.29 is 29.0 Å². The summed E-state index contributed by atoms with van der Waals surface area (Å²) in [5.74, 6) is -0.494. The van der Waals surface area contributed by atoms with Crippen LogP contribution in [-0.2, 0) is 27.1 Å². The minimum Gasteiger partial charge on any atom is -0.505 e. The van der Waals surface area contributed by atoms with Gasteiger partial charge in [-0.05, 0) is 61.4 Å². The molecule has 2 N–H and O–H groups in total. The third kappa shape index (κ3) is 7.48. The molecule has 4 heterocycles. The van der Waals surface area contributed by atoms with Gasteiger partial charge < -0.3 is 34.6 Å². The molecular weight excluding hydrogens is 633 g/mol. The molecule has 1 atom stereocenters. The fourth-order valence-electron chi connectivity index (χ4n) is 7.02. The number of benzene rings is 2. The number of rotatable bonds is 6. The lowest BCUT2D eigenvalue weighted by molar-refractivity contribution is -0.142. The van der Waals surface area contributed by atoms with E-state index in [1.807, 2.05) is 29.2 Å². The van der Waals surface area contributed by atoms with Gasteiger partial charge in [-0.15, -0.1) is 0 Å². The van der Waals surface area contributed by atoms with E-state index in [0.29, 0.717) is 57.2 Å². The maximum atomic E-state index is 13.9. The molecule has 0 saturated carbocycles. The van der Waals surface area contributed by atoms with Crippen LogP contribution in [0.1, 0.15) is 36.8 Å². The average molecular weight is 675 g/mol. The third-order valence-corrected chi connectivity index (χ3v) is 10.2. The summed E-state index contributed by atoms with van der Waals surface area (Å²) in [6.45, 7) is 5.80. The van der Waals surface area contributed by atoms with Gasteiger partial charge in [0.05, 0.1) is 23.3 Å². The predicted octanol–water partition coefficient (Wildman–Crippen LogP) is 4.62. The summed E-state index contributed by atoms with van der Waals surface area (Å²) < 4.78 is 11.4. The molecule has 0 aromatic heterocycles. The molecule has 6 rings (SSSR count). The van der Waals surface area contributed by atoms with Crippen LogP contribution >= 0.6 is 23.2 Å². The van der Waals surface area contributed by atoms with Crippen LogP contribution in [0.15, 0.2) is 36.4 Å². The molecule has 11 nitrogen and oxygen atoms in total. The van der Waals surface area contributed by atoms with Crippen molar-refractivity contribution in [1.82, 2.24) is 19.6 Å². The number of phenolic OH excluding ortho intramolecular Hbond substituents is 1. The highest BCUT2D eigenvalue weighted by atomic mass is 35.5. The molecule has 2 aromatic carbocycles. The minimum absolute atomic E-state index is 0.00941. The number of para-hydroxylation sites is 1. The summed E-state index contributed by atoms with van der Waals surface area (Å²) in [6, 6.07) is 11.2. The lowest BCUT2D eigenvalue weighted by atomic mass is 10.0. The number of phenols is 1. The molecule has 0 radical (unpaired) electrons. The molecule has 0 bridgehead atoms. The van der Waals surface area contributed by atoms with Crippen molar-refractivity contribution in [1.29, 1.82) is 0 Å². The highest BCUT2D eigenvalue weighted by Crippen LogP contribution is 2.34. The molecule has 0 spiro atoms. The Hall–Kier alpha value is -3.25. The number of anilines is 1. The Morgan fingerprint density at radius 3 is 2.24 bits per heavy atom. The zero-order chi connectivity index (χ0) is 32.2. The lowest BCUT2D eigenvalue weighted by Gasteiger charge is -2.41. The van der Waals surface area contributed by atoms with Crippen molar-refractivity contribution in [2.24, 2.45) is 0 Å². The molecule has 4 aliphatic heterocycles. The standard InChI is InChI=1S/C33H41Cl2N5O6/c34-26-19-22(20-27(35)30(26)41)21-29(31(42)38-10-6-24(7-11-38)37-15-17-45-18-16-37)46-33(44)39-12-8-25(9-13-39)40-14-5-23-3-1-2-4-28(23)36-32(40)43/h1-4,19-20,24-25,29,41H,5-18,21H2,(H,36,43). The van der Waals surface area contributed by atoms with Gasteiger partial charge in [0.25, 0.3) is 5.91 Å². The Labute approximate surface area is 279 Å². The first-order valence-corrected chi connectivity index (χ1v) is 16.9. The highest BCUT2D eigenvalue weighted by molar-refractivity contribution is 6.37. The SMILES string of the molecule is O=C(OC(Cc1cc(Cl)c(O)c(Cl)c1)C(=O)N1CCC(N2CCOCC2)CC1)N1CCC(N2CCc3ccccc3NC2=O)CC1. The van der Waals surface area contributed by atoms with E-state index in [9.17, 15) is 19.5 Å². The van der Waals surface area contributed by atoms with Crippen molar-refractivity contribution in [3.63, 3.8) is 0 Å². The Morgan fingerprint density at radius 2 is 1.54 bits per heavy atom. The highest BCUT2D eigenvalue weighted by Gasteiger charge is 2.36. The molecule has 1 unspecified atom stereocenters. The first-order chi connectivity index (χ1) is 22.3. The van der Waals surface area contributed by atoms with Crippen molar-refractivity contribution in [2.75, 3.05) is 64.3 Å². The molecule has 4 amide bonds. The van der Waals surface area contributed by atoms with Gasteiger partial charge in [0.2, 0.25) is 0 Å². The molecular formula is C33H41Cl2N5O6. The first kappa shape index (κ1) is 32.7. The van der Waals surface area contributed by atoms with Crippen LogP contribution < -0.4 is 5.32 Å². The second-order valence-electron chi connectivity index (χ2n) is 12.4. The van der Waals surface area contributed by atoms with E-state index in [1.54, 1.807) is 9.80 Å². The molecule has 2 aromatic rings. The molecule has 248 valence electrons. The van der Waals surface area contributed by atoms with Gasteiger partial charge in [-0.1, -0.05) is 41.4 Å². The number of ether oxygens (including phenoxy) is 2. The van der Waals surface area contributed by atoms with Crippen molar-refractivity contribution in [2.45, 2.75) is 56.7 Å². The largest absolute Gasteiger partial charge is 0.505 e. The maximum absolute atomic E-state index is 13.9. The number of amides is 4. The second-order valence-corrected chi connectivity index (χ2v) is 13.3. The summed E-state index contributed by atoms with van der Waals surface area (Å²) in [4.78, 5) is 48.1. The third-order valence-electron chi connectivity index (χ3n) is 9.66. The Kier molecular flexibility index (Phi) is 10.4. The van der Waals surface area contributed by atoms with E-state index in [1.165, 1.54) is 12.1 Å². The molecule has 3 saturated heterocycles. The summed E-state index contributed by atoms with van der Waals surface area (Å²) in [5, 5.41) is 13.2. The monoisotopic (exact) mass is 673 g/mol. The fraction of sp³-hybridized carbons (Fsp3) is 0.545. The lowest BCUT2D eigenvalue weighted by Crippen LogP contribution is -2.53. The van der Waals surface area contributed by atoms with Crippen molar-refractivity contribution >= 4 is 46.9 Å². The fourth-order valence-corrected chi connectivity index (χ4v) is 7.55. The summed E-state index contributed by atoms with van der Waals surface area (Å²) in [7, 11) is 0. The van der Waals surface area contributed by atoms with Gasteiger partial charge in [-0.3, -0.25) is 9.69 Å². The first-order valence-electron chi connectivity index (χ1n) is 16.2. The second kappa shape index (κ2) is 14.7. The number of morpholine rings is 1. The molecule has 46 heavy (non-hydrogen) atoms. The van der Waals surface area contributed by atoms with E-state index < -0.39 is 12.2 Å². The van der Waals surface area contributed by atoms with Gasteiger partial charge in [0, 0.05) is 70.0 Å². The number of piperidine rings is 2. The van der Waals surface area contributed by atoms with Crippen LogP contribution in [0.4, 0.5) is 15.3 Å². The predicted molar refractivity (Wildman–Crippen MR) is 175 cm³/mol. The van der Waals surface area contributed by atoms with Crippen LogP contribution in [0.2, 0.25) is 10.0 Å². The van der Waals surface area contributed by atoms with Crippen LogP contribution in [0.5, 0.6) is 5.75 Å². The molecule has 3 fully saturated rings. The van der Waals surface area contributed by atoms with E-state index in [4.69, 9.17) is 32.7 Å². The summed E-state index contributed by atoms with van der Waals surface area (Å²) in [6.07, 6.45) is 2.07. The van der Waals surface area contributed by atoms with Crippen molar-refractivity contribution in [3.05, 3.63) is 57.6 Å². The number of hydrogen-bond donors (Lipinski definition) is 2. The van der Waals surface area contributed by atoms with E-state index >= 15 is 0 Å². The van der Waals surface area contributed by atoms with E-state index in [0.717, 1.165) is 56.8 Å². The number of nitrogens with one attached hydrogen (secondary N) is 1. The molecule has 0 aliphatic carbocycles. The number of halogens is 2. The van der Waals surface area contributed by atoms with Gasteiger partial charge in [-0.2, -0.15) is 0 Å². The average Bonchev–Trinajstić information content (AvgIpc) is 3.25. The quantitative estimate of drug-likeness (QED) is 0.460. The smallest absolute Gasteiger partial charge is 0.410 e. The number of fused-ring (bicyclic) bond motifs is 1. The zero-order valence-corrected chi connectivity index (χ0v) is 27.3. The van der Waals surface area contributed by atoms with Crippen LogP contribution in [0.25, 0.3) is 0 Å². The number of urea groups is 1. The molecule has 13 heteroatoms. The maximum Gasteiger partial charge on any atom is 0.410 e. The van der Waals surface area contributed by atoms with E-state index in [2.05, 4.69) is 10.2 Å². The zero-order valence-electron chi connectivity index (χ0n) is 25.8. The molecule has 4 aliphatic rings. The Balaban J connectivity index is 1.09. The topological polar surface area (TPSA) is 115 Å². The number of nitrogens with zero attached hydrogens (tertiary/aromatic N) is 4. The van der Waals surface area contributed by atoms with Gasteiger partial charge in [0.1, 0.15) is 0 Å². The minimum atomic E-state index is -1.09. The van der Waals surface area contributed by atoms with Crippen molar-refractivity contribution in [3.8, 4) is 5.75 Å². The summed E-state index contributed by atoms with van der Waals surface area (Å²) in [5.41, 5.74) is 2.53. The van der Waals surface area contributed by atoms with Gasteiger partial charge in [-0.25, -0.2) is 9.59 Å². The number of hydrogen-bond acceptors (Lipinski definition) is 7. The number of carbonyl (C=O) groups is 3. The van der Waals surface area contributed by atoms with Crippen LogP contribution in [0.3, 0.4) is 0 Å². The normalized spacial score (nSPS) is 20.9. The number of aromatic hydroxyl groups is 1. The van der Waals surface area contributed by atoms with Crippen LogP contribution in [0, 0.1) is 0 Å². The summed E-state index contributed by atoms with van der Waals surface area (Å²) >= 11 is 12.4. The number of carbonyl (C=O) groups excluding carboxylic acids is 3. The Morgan fingerprint density at radius 1 is 0.913 bits per heavy atom. The van der Waals surface area contributed by atoms with Gasteiger partial charge in [0.15, 0.2) is 11.9 Å².